The van der Waals surface area contributed by atoms with Crippen molar-refractivity contribution < 1.29 is 9.63 Å². The van der Waals surface area contributed by atoms with Gasteiger partial charge >= 0.3 is 0 Å². The minimum Gasteiger partial charge on any atom is -0.314 e. The monoisotopic (exact) mass is 296 g/mol. The standard InChI is InChI=1S/C17H32N2O2/c1-3-5-6-7-8-11-15(4-2)16-12-9-10-13-19(16)17(20)14-21-18/h3-14,18H2,1-2H3. The smallest absolute Gasteiger partial charge is 0.254 e. The molecule has 1 rings (SSSR count). The van der Waals surface area contributed by atoms with Gasteiger partial charge in [0.25, 0.3) is 5.91 Å². The molecule has 2 N–H and O–H groups in total. The number of nitrogens with zero attached hydrogens (tertiary/aromatic N) is 1. The summed E-state index contributed by atoms with van der Waals surface area (Å²) >= 11 is 0. The fourth-order valence-corrected chi connectivity index (χ4v) is 3.09. The van der Waals surface area contributed by atoms with Gasteiger partial charge in [0, 0.05) is 12.2 Å². The number of hydrogen-bond acceptors (Lipinski definition) is 3. The molecular formula is C17H32N2O2. The highest BCUT2D eigenvalue weighted by Gasteiger charge is 2.23. The summed E-state index contributed by atoms with van der Waals surface area (Å²) in [6.45, 7) is 5.24. The minimum absolute atomic E-state index is 0.00383. The molecule has 1 fully saturated rings. The highest BCUT2D eigenvalue weighted by atomic mass is 16.6. The highest BCUT2D eigenvalue weighted by molar-refractivity contribution is 5.79. The molecule has 0 saturated carbocycles. The van der Waals surface area contributed by atoms with Gasteiger partial charge in [-0.3, -0.25) is 9.63 Å². The van der Waals surface area contributed by atoms with Crippen molar-refractivity contribution >= 4 is 5.91 Å². The normalized spacial score (nSPS) is 18.0. The third-order valence-corrected chi connectivity index (χ3v) is 4.30. The van der Waals surface area contributed by atoms with Crippen LogP contribution in [0, 0.1) is 0 Å². The molecule has 1 amide bonds. The number of rotatable bonds is 9. The van der Waals surface area contributed by atoms with Crippen molar-refractivity contribution in [2.75, 3.05) is 13.2 Å². The van der Waals surface area contributed by atoms with E-state index in [9.17, 15) is 4.79 Å². The molecule has 4 nitrogen and oxygen atoms in total. The Bertz CT molecular complexity index is 340. The van der Waals surface area contributed by atoms with Crippen LogP contribution in [0.1, 0.15) is 78.1 Å². The SMILES string of the molecule is CCCCCCCC(CC)=C1CCCCN1C(=O)CON. The fourth-order valence-electron chi connectivity index (χ4n) is 3.09. The van der Waals surface area contributed by atoms with Crippen LogP contribution in [0.4, 0.5) is 0 Å². The van der Waals surface area contributed by atoms with E-state index in [4.69, 9.17) is 5.90 Å². The molecule has 122 valence electrons. The van der Waals surface area contributed by atoms with Gasteiger partial charge in [-0.15, -0.1) is 0 Å². The van der Waals surface area contributed by atoms with Crippen LogP contribution in [0.15, 0.2) is 11.3 Å². The summed E-state index contributed by atoms with van der Waals surface area (Å²) in [4.78, 5) is 18.6. The maximum absolute atomic E-state index is 12.1. The van der Waals surface area contributed by atoms with Crippen LogP contribution < -0.4 is 5.90 Å². The van der Waals surface area contributed by atoms with Gasteiger partial charge in [-0.25, -0.2) is 5.90 Å². The van der Waals surface area contributed by atoms with E-state index in [2.05, 4.69) is 18.7 Å². The van der Waals surface area contributed by atoms with E-state index in [0.29, 0.717) is 0 Å². The van der Waals surface area contributed by atoms with Gasteiger partial charge in [0.1, 0.15) is 6.61 Å². The Balaban J connectivity index is 2.64. The lowest BCUT2D eigenvalue weighted by Crippen LogP contribution is -2.38. The van der Waals surface area contributed by atoms with Crippen molar-refractivity contribution in [2.45, 2.75) is 78.1 Å². The van der Waals surface area contributed by atoms with Crippen LogP contribution in [-0.4, -0.2) is 24.0 Å². The van der Waals surface area contributed by atoms with Crippen molar-refractivity contribution in [3.8, 4) is 0 Å². The Kier molecular flexibility index (Phi) is 9.35. The minimum atomic E-state index is -0.0169. The molecule has 0 aromatic carbocycles. The van der Waals surface area contributed by atoms with Gasteiger partial charge < -0.3 is 4.90 Å². The van der Waals surface area contributed by atoms with Crippen LogP contribution in [-0.2, 0) is 9.63 Å². The molecular weight excluding hydrogens is 264 g/mol. The lowest BCUT2D eigenvalue weighted by atomic mass is 9.96. The van der Waals surface area contributed by atoms with Crippen LogP contribution >= 0.6 is 0 Å². The molecule has 1 aliphatic heterocycles. The first-order valence-corrected chi connectivity index (χ1v) is 8.57. The molecule has 0 atom stereocenters. The number of likely N-dealkylation sites (tertiary alicyclic amines) is 1. The Hall–Kier alpha value is -0.870. The van der Waals surface area contributed by atoms with E-state index < -0.39 is 0 Å². The van der Waals surface area contributed by atoms with Crippen molar-refractivity contribution in [3.63, 3.8) is 0 Å². The molecule has 0 radical (unpaired) electrons. The highest BCUT2D eigenvalue weighted by Crippen LogP contribution is 2.28. The largest absolute Gasteiger partial charge is 0.314 e. The average molecular weight is 296 g/mol. The number of allylic oxidation sites excluding steroid dienone is 2. The van der Waals surface area contributed by atoms with Gasteiger partial charge in [0.15, 0.2) is 0 Å². The van der Waals surface area contributed by atoms with E-state index in [0.717, 1.165) is 32.2 Å². The Morgan fingerprint density at radius 3 is 2.62 bits per heavy atom. The van der Waals surface area contributed by atoms with E-state index in [1.54, 1.807) is 0 Å². The van der Waals surface area contributed by atoms with Crippen molar-refractivity contribution in [3.05, 3.63) is 11.3 Å². The quantitative estimate of drug-likeness (QED) is 0.518. The first-order chi connectivity index (χ1) is 10.2. The molecule has 4 heteroatoms. The van der Waals surface area contributed by atoms with Crippen LogP contribution in [0.25, 0.3) is 0 Å². The molecule has 0 spiro atoms. The first kappa shape index (κ1) is 18.2. The lowest BCUT2D eigenvalue weighted by molar-refractivity contribution is -0.135. The summed E-state index contributed by atoms with van der Waals surface area (Å²) in [5, 5.41) is 0. The van der Waals surface area contributed by atoms with Crippen molar-refractivity contribution in [1.82, 2.24) is 4.90 Å². The second-order valence-corrected chi connectivity index (χ2v) is 5.88. The molecule has 0 aromatic heterocycles. The Morgan fingerprint density at radius 1 is 1.19 bits per heavy atom. The predicted molar refractivity (Wildman–Crippen MR) is 86.4 cm³/mol. The second kappa shape index (κ2) is 10.8. The number of amides is 1. The molecule has 0 aromatic rings. The predicted octanol–water partition coefficient (Wildman–Crippen LogP) is 3.91. The molecule has 1 aliphatic rings. The summed E-state index contributed by atoms with van der Waals surface area (Å²) in [5.41, 5.74) is 2.71. The van der Waals surface area contributed by atoms with Crippen LogP contribution in [0.3, 0.4) is 0 Å². The molecule has 1 heterocycles. The van der Waals surface area contributed by atoms with Gasteiger partial charge in [0.2, 0.25) is 0 Å². The zero-order chi connectivity index (χ0) is 15.5. The summed E-state index contributed by atoms with van der Waals surface area (Å²) in [6, 6.07) is 0. The van der Waals surface area contributed by atoms with Crippen molar-refractivity contribution in [1.29, 1.82) is 0 Å². The summed E-state index contributed by atoms with van der Waals surface area (Å²) < 4.78 is 0. The fraction of sp³-hybridized carbons (Fsp3) is 0.824. The number of unbranched alkanes of at least 4 members (excludes halogenated alkanes) is 4. The van der Waals surface area contributed by atoms with Gasteiger partial charge in [-0.1, -0.05) is 45.1 Å². The van der Waals surface area contributed by atoms with Gasteiger partial charge in [-0.2, -0.15) is 0 Å². The summed E-state index contributed by atoms with van der Waals surface area (Å²) in [6.07, 6.45) is 11.9. The maximum Gasteiger partial charge on any atom is 0.254 e. The average Bonchev–Trinajstić information content (AvgIpc) is 2.51. The first-order valence-electron chi connectivity index (χ1n) is 8.57. The lowest BCUT2D eigenvalue weighted by Gasteiger charge is -2.32. The zero-order valence-corrected chi connectivity index (χ0v) is 13.8. The molecule has 0 bridgehead atoms. The topological polar surface area (TPSA) is 55.6 Å². The number of piperidine rings is 1. The molecule has 21 heavy (non-hydrogen) atoms. The summed E-state index contributed by atoms with van der Waals surface area (Å²) in [5.74, 6) is 5.06. The molecule has 1 saturated heterocycles. The number of carbonyl (C=O) groups excluding carboxylic acids is 1. The van der Waals surface area contributed by atoms with Gasteiger partial charge in [-0.05, 0) is 38.5 Å². The third-order valence-electron chi connectivity index (χ3n) is 4.30. The van der Waals surface area contributed by atoms with Crippen LogP contribution in [0.5, 0.6) is 0 Å². The number of hydrogen-bond donors (Lipinski definition) is 1. The Labute approximate surface area is 129 Å². The van der Waals surface area contributed by atoms with Crippen LogP contribution in [0.2, 0.25) is 0 Å². The summed E-state index contributed by atoms with van der Waals surface area (Å²) in [7, 11) is 0. The van der Waals surface area contributed by atoms with Gasteiger partial charge in [0.05, 0.1) is 0 Å². The maximum atomic E-state index is 12.1. The van der Waals surface area contributed by atoms with E-state index >= 15 is 0 Å². The number of nitrogens with two attached hydrogens (primary N) is 1. The van der Waals surface area contributed by atoms with E-state index in [-0.39, 0.29) is 12.5 Å². The van der Waals surface area contributed by atoms with E-state index in [1.807, 2.05) is 4.90 Å². The molecule has 0 unspecified atom stereocenters. The zero-order valence-electron chi connectivity index (χ0n) is 13.8. The third kappa shape index (κ3) is 6.18. The second-order valence-electron chi connectivity index (χ2n) is 5.88. The van der Waals surface area contributed by atoms with Crippen molar-refractivity contribution in [2.24, 2.45) is 5.90 Å². The molecule has 0 aliphatic carbocycles. The number of carbonyl (C=O) groups is 1. The Morgan fingerprint density at radius 2 is 1.95 bits per heavy atom. The van der Waals surface area contributed by atoms with E-state index in [1.165, 1.54) is 49.8 Å².